The lowest BCUT2D eigenvalue weighted by atomic mass is 9.73. The maximum Gasteiger partial charge on any atom is 0.409 e. The maximum atomic E-state index is 12.9. The molecule has 2 aromatic rings. The van der Waals surface area contributed by atoms with Crippen molar-refractivity contribution in [3.63, 3.8) is 0 Å². The average Bonchev–Trinajstić information content (AvgIpc) is 3.24. The van der Waals surface area contributed by atoms with Crippen molar-refractivity contribution >= 4 is 17.7 Å². The standard InChI is InChI=1S/C29H37N3O4/c1-4-36-28(34)31-16-12-22(13-17-31)30-18-14-29(15-19-30)20-32(21(2)33)27-24(9-7-10-25(27)29)23-8-5-6-11-26(23)35-3/h5-11,22H,4,12-20H2,1-3H3. The molecule has 5 rings (SSSR count). The van der Waals surface area contributed by atoms with Crippen LogP contribution in [0, 0.1) is 0 Å². The first kappa shape index (κ1) is 24.6. The summed E-state index contributed by atoms with van der Waals surface area (Å²) in [5.41, 5.74) is 4.39. The monoisotopic (exact) mass is 491 g/mol. The maximum absolute atomic E-state index is 12.9. The molecule has 36 heavy (non-hydrogen) atoms. The van der Waals surface area contributed by atoms with Gasteiger partial charge >= 0.3 is 6.09 Å². The molecule has 1 spiro atoms. The molecule has 7 nitrogen and oxygen atoms in total. The highest BCUT2D eigenvalue weighted by Gasteiger charge is 2.47. The van der Waals surface area contributed by atoms with Crippen molar-refractivity contribution in [2.45, 2.75) is 51.0 Å². The lowest BCUT2D eigenvalue weighted by Gasteiger charge is -2.45. The highest BCUT2D eigenvalue weighted by Crippen LogP contribution is 2.52. The molecule has 2 fully saturated rings. The number of carbonyl (C=O) groups excluding carboxylic acids is 2. The van der Waals surface area contributed by atoms with E-state index in [9.17, 15) is 9.59 Å². The summed E-state index contributed by atoms with van der Waals surface area (Å²) in [6, 6.07) is 15.0. The summed E-state index contributed by atoms with van der Waals surface area (Å²) in [5, 5.41) is 0. The molecule has 0 aromatic heterocycles. The average molecular weight is 492 g/mol. The zero-order valence-electron chi connectivity index (χ0n) is 21.7. The van der Waals surface area contributed by atoms with Crippen molar-refractivity contribution in [1.82, 2.24) is 9.80 Å². The van der Waals surface area contributed by atoms with Gasteiger partial charge in [0.2, 0.25) is 5.91 Å². The van der Waals surface area contributed by atoms with Crippen LogP contribution in [0.25, 0.3) is 11.1 Å². The number of piperidine rings is 2. The van der Waals surface area contributed by atoms with Crippen LogP contribution < -0.4 is 9.64 Å². The molecule has 2 amide bonds. The van der Waals surface area contributed by atoms with E-state index >= 15 is 0 Å². The molecule has 2 saturated heterocycles. The molecule has 3 aliphatic heterocycles. The molecular formula is C29H37N3O4. The van der Waals surface area contributed by atoms with Gasteiger partial charge in [-0.3, -0.25) is 4.79 Å². The number of rotatable bonds is 4. The number of benzene rings is 2. The van der Waals surface area contributed by atoms with Gasteiger partial charge in [0.25, 0.3) is 0 Å². The molecule has 0 bridgehead atoms. The third-order valence-corrected chi connectivity index (χ3v) is 8.38. The van der Waals surface area contributed by atoms with Crippen LogP contribution in [0.3, 0.4) is 0 Å². The Morgan fingerprint density at radius 2 is 1.67 bits per heavy atom. The first-order valence-electron chi connectivity index (χ1n) is 13.2. The van der Waals surface area contributed by atoms with Crippen molar-refractivity contribution in [3.05, 3.63) is 48.0 Å². The number of hydrogen-bond acceptors (Lipinski definition) is 5. The van der Waals surface area contributed by atoms with Crippen molar-refractivity contribution in [1.29, 1.82) is 0 Å². The Morgan fingerprint density at radius 1 is 0.972 bits per heavy atom. The summed E-state index contributed by atoms with van der Waals surface area (Å²) in [4.78, 5) is 31.4. The Morgan fingerprint density at radius 3 is 2.33 bits per heavy atom. The van der Waals surface area contributed by atoms with Crippen LogP contribution in [0.15, 0.2) is 42.5 Å². The lowest BCUT2D eigenvalue weighted by Crippen LogP contribution is -2.52. The van der Waals surface area contributed by atoms with E-state index in [0.29, 0.717) is 12.6 Å². The van der Waals surface area contributed by atoms with Gasteiger partial charge < -0.3 is 24.2 Å². The number of amides is 2. The number of nitrogens with zero attached hydrogens (tertiary/aromatic N) is 3. The van der Waals surface area contributed by atoms with Gasteiger partial charge in [0, 0.05) is 49.1 Å². The van der Waals surface area contributed by atoms with E-state index in [1.165, 1.54) is 5.56 Å². The topological polar surface area (TPSA) is 62.3 Å². The van der Waals surface area contributed by atoms with Gasteiger partial charge in [-0.2, -0.15) is 0 Å². The number of likely N-dealkylation sites (tertiary alicyclic amines) is 2. The second-order valence-electron chi connectivity index (χ2n) is 10.2. The summed E-state index contributed by atoms with van der Waals surface area (Å²) in [6.07, 6.45) is 3.83. The molecule has 3 heterocycles. The SMILES string of the molecule is CCOC(=O)N1CCC(N2CCC3(CC2)CN(C(C)=O)c2c(-c4ccccc4OC)cccc23)CC1. The van der Waals surface area contributed by atoms with Gasteiger partial charge in [-0.05, 0) is 57.3 Å². The zero-order valence-corrected chi connectivity index (χ0v) is 21.7. The minimum Gasteiger partial charge on any atom is -0.496 e. The van der Waals surface area contributed by atoms with E-state index in [0.717, 1.165) is 81.0 Å². The predicted octanol–water partition coefficient (Wildman–Crippen LogP) is 4.68. The summed E-state index contributed by atoms with van der Waals surface area (Å²) < 4.78 is 10.8. The van der Waals surface area contributed by atoms with Gasteiger partial charge in [0.15, 0.2) is 0 Å². The fourth-order valence-electron chi connectivity index (χ4n) is 6.46. The first-order valence-corrected chi connectivity index (χ1v) is 13.2. The van der Waals surface area contributed by atoms with Crippen molar-refractivity contribution < 1.29 is 19.1 Å². The van der Waals surface area contributed by atoms with Crippen LogP contribution in [-0.2, 0) is 14.9 Å². The fourth-order valence-corrected chi connectivity index (χ4v) is 6.46. The molecule has 0 aliphatic carbocycles. The number of anilines is 1. The second-order valence-corrected chi connectivity index (χ2v) is 10.2. The number of ether oxygens (including phenoxy) is 2. The number of methoxy groups -OCH3 is 1. The van der Waals surface area contributed by atoms with E-state index < -0.39 is 0 Å². The number of carbonyl (C=O) groups is 2. The first-order chi connectivity index (χ1) is 17.5. The molecule has 3 aliphatic rings. The smallest absolute Gasteiger partial charge is 0.409 e. The Kier molecular flexibility index (Phi) is 6.93. The molecule has 2 aromatic carbocycles. The summed E-state index contributed by atoms with van der Waals surface area (Å²) >= 11 is 0. The van der Waals surface area contributed by atoms with E-state index in [2.05, 4.69) is 29.2 Å². The van der Waals surface area contributed by atoms with Crippen LogP contribution in [0.5, 0.6) is 5.75 Å². The molecule has 0 radical (unpaired) electrons. The van der Waals surface area contributed by atoms with Crippen molar-refractivity contribution in [2.75, 3.05) is 51.3 Å². The molecule has 192 valence electrons. The molecule has 0 N–H and O–H groups in total. The molecular weight excluding hydrogens is 454 g/mol. The minimum absolute atomic E-state index is 0.0266. The number of hydrogen-bond donors (Lipinski definition) is 0. The van der Waals surface area contributed by atoms with Gasteiger partial charge in [-0.25, -0.2) is 4.79 Å². The summed E-state index contributed by atoms with van der Waals surface area (Å²) in [5.74, 6) is 0.906. The van der Waals surface area contributed by atoms with E-state index in [4.69, 9.17) is 9.47 Å². The van der Waals surface area contributed by atoms with Gasteiger partial charge in [0.1, 0.15) is 5.75 Å². The van der Waals surface area contributed by atoms with Crippen LogP contribution in [0.1, 0.15) is 45.1 Å². The second kappa shape index (κ2) is 10.1. The van der Waals surface area contributed by atoms with Crippen molar-refractivity contribution in [3.8, 4) is 16.9 Å². The summed E-state index contributed by atoms with van der Waals surface area (Å²) in [7, 11) is 1.69. The third-order valence-electron chi connectivity index (χ3n) is 8.38. The van der Waals surface area contributed by atoms with Gasteiger partial charge in [-0.1, -0.05) is 36.4 Å². The Bertz CT molecular complexity index is 1120. The van der Waals surface area contributed by atoms with Crippen molar-refractivity contribution in [2.24, 2.45) is 0 Å². The van der Waals surface area contributed by atoms with E-state index in [-0.39, 0.29) is 17.4 Å². The quantitative estimate of drug-likeness (QED) is 0.621. The lowest BCUT2D eigenvalue weighted by molar-refractivity contribution is -0.116. The number of fused-ring (bicyclic) bond motifs is 2. The normalized spacial score (nSPS) is 19.9. The van der Waals surface area contributed by atoms with Crippen LogP contribution in [-0.4, -0.2) is 74.3 Å². The fraction of sp³-hybridized carbons (Fsp3) is 0.517. The Balaban J connectivity index is 1.36. The Hall–Kier alpha value is -3.06. The van der Waals surface area contributed by atoms with Crippen LogP contribution in [0.4, 0.5) is 10.5 Å². The van der Waals surface area contributed by atoms with Crippen LogP contribution >= 0.6 is 0 Å². The Labute approximate surface area is 214 Å². The van der Waals surface area contributed by atoms with Gasteiger partial charge in [0.05, 0.1) is 19.4 Å². The van der Waals surface area contributed by atoms with Gasteiger partial charge in [-0.15, -0.1) is 0 Å². The molecule has 0 atom stereocenters. The highest BCUT2D eigenvalue weighted by atomic mass is 16.6. The van der Waals surface area contributed by atoms with E-state index in [1.807, 2.05) is 34.9 Å². The largest absolute Gasteiger partial charge is 0.496 e. The minimum atomic E-state index is -0.189. The third kappa shape index (κ3) is 4.34. The molecule has 0 saturated carbocycles. The summed E-state index contributed by atoms with van der Waals surface area (Å²) in [6.45, 7) is 8.21. The highest BCUT2D eigenvalue weighted by molar-refractivity contribution is 6.00. The molecule has 7 heteroatoms. The number of para-hydroxylation sites is 2. The zero-order chi connectivity index (χ0) is 25.3. The molecule has 0 unspecified atom stereocenters. The van der Waals surface area contributed by atoms with E-state index in [1.54, 1.807) is 14.0 Å². The van der Waals surface area contributed by atoms with Crippen LogP contribution in [0.2, 0.25) is 0 Å². The predicted molar refractivity (Wildman–Crippen MR) is 141 cm³/mol.